The minimum absolute atomic E-state index is 0.114. The summed E-state index contributed by atoms with van der Waals surface area (Å²) in [6.45, 7) is 3.98. The molecule has 0 atom stereocenters. The van der Waals surface area contributed by atoms with Crippen molar-refractivity contribution in [2.75, 3.05) is 5.32 Å². The lowest BCUT2D eigenvalue weighted by Crippen LogP contribution is -2.23. The van der Waals surface area contributed by atoms with Crippen molar-refractivity contribution in [1.29, 1.82) is 0 Å². The Hall–Kier alpha value is -2.40. The molecule has 2 aromatic rings. The Bertz CT molecular complexity index is 641. The van der Waals surface area contributed by atoms with Crippen LogP contribution >= 0.6 is 12.2 Å². The van der Waals surface area contributed by atoms with Gasteiger partial charge in [0.2, 0.25) is 0 Å². The SMILES string of the molecule is CC(C)Oc1ccccc1C=NNC(=S)Nc1ccccc1. The van der Waals surface area contributed by atoms with E-state index >= 15 is 0 Å². The van der Waals surface area contributed by atoms with E-state index < -0.39 is 0 Å². The highest BCUT2D eigenvalue weighted by atomic mass is 32.1. The highest BCUT2D eigenvalue weighted by molar-refractivity contribution is 7.80. The Kier molecular flexibility index (Phi) is 5.91. The molecule has 0 amide bonds. The van der Waals surface area contributed by atoms with Gasteiger partial charge in [0, 0.05) is 11.3 Å². The summed E-state index contributed by atoms with van der Waals surface area (Å²) in [5.74, 6) is 0.796. The van der Waals surface area contributed by atoms with Crippen molar-refractivity contribution >= 4 is 29.2 Å². The number of anilines is 1. The molecule has 0 fully saturated rings. The fraction of sp³-hybridized carbons (Fsp3) is 0.176. The minimum atomic E-state index is 0.114. The Labute approximate surface area is 136 Å². The molecule has 0 bridgehead atoms. The van der Waals surface area contributed by atoms with Gasteiger partial charge in [-0.3, -0.25) is 5.43 Å². The van der Waals surface area contributed by atoms with Crippen molar-refractivity contribution < 1.29 is 4.74 Å². The van der Waals surface area contributed by atoms with Crippen LogP contribution in [0.2, 0.25) is 0 Å². The number of nitrogens with zero attached hydrogens (tertiary/aromatic N) is 1. The van der Waals surface area contributed by atoms with E-state index in [0.29, 0.717) is 5.11 Å². The van der Waals surface area contributed by atoms with Crippen molar-refractivity contribution in [3.05, 3.63) is 60.2 Å². The Morgan fingerprint density at radius 2 is 1.77 bits per heavy atom. The fourth-order valence-corrected chi connectivity index (χ4v) is 1.96. The molecule has 2 rings (SSSR count). The molecule has 0 unspecified atom stereocenters. The number of rotatable bonds is 5. The van der Waals surface area contributed by atoms with Gasteiger partial charge < -0.3 is 10.1 Å². The van der Waals surface area contributed by atoms with E-state index in [4.69, 9.17) is 17.0 Å². The number of para-hydroxylation sites is 2. The smallest absolute Gasteiger partial charge is 0.191 e. The van der Waals surface area contributed by atoms with Crippen LogP contribution in [0.1, 0.15) is 19.4 Å². The molecule has 4 nitrogen and oxygen atoms in total. The van der Waals surface area contributed by atoms with E-state index in [2.05, 4.69) is 15.8 Å². The number of benzene rings is 2. The standard InChI is InChI=1S/C17H19N3OS/c1-13(2)21-16-11-7-6-8-14(16)12-18-20-17(22)19-15-9-4-3-5-10-15/h3-13H,1-2H3,(H2,19,20,22). The molecule has 0 aliphatic carbocycles. The molecule has 0 aliphatic rings. The number of hydrogen-bond donors (Lipinski definition) is 2. The zero-order valence-electron chi connectivity index (χ0n) is 12.6. The van der Waals surface area contributed by atoms with Crippen LogP contribution in [0.5, 0.6) is 5.75 Å². The molecule has 22 heavy (non-hydrogen) atoms. The van der Waals surface area contributed by atoms with Gasteiger partial charge in [-0.2, -0.15) is 5.10 Å². The van der Waals surface area contributed by atoms with E-state index in [1.165, 1.54) is 0 Å². The summed E-state index contributed by atoms with van der Waals surface area (Å²) in [7, 11) is 0. The summed E-state index contributed by atoms with van der Waals surface area (Å²) in [5, 5.41) is 7.63. The highest BCUT2D eigenvalue weighted by Crippen LogP contribution is 2.17. The van der Waals surface area contributed by atoms with Gasteiger partial charge in [0.25, 0.3) is 0 Å². The molecule has 0 radical (unpaired) electrons. The summed E-state index contributed by atoms with van der Waals surface area (Å²) in [5.41, 5.74) is 4.60. The lowest BCUT2D eigenvalue weighted by atomic mass is 10.2. The van der Waals surface area contributed by atoms with Crippen molar-refractivity contribution in [1.82, 2.24) is 5.43 Å². The van der Waals surface area contributed by atoms with Crippen LogP contribution in [0, 0.1) is 0 Å². The quantitative estimate of drug-likeness (QED) is 0.501. The van der Waals surface area contributed by atoms with Crippen molar-refractivity contribution in [2.45, 2.75) is 20.0 Å². The van der Waals surface area contributed by atoms with E-state index in [1.807, 2.05) is 68.4 Å². The maximum Gasteiger partial charge on any atom is 0.191 e. The second-order valence-electron chi connectivity index (χ2n) is 4.89. The third kappa shape index (κ3) is 5.18. The van der Waals surface area contributed by atoms with Crippen LogP contribution in [0.15, 0.2) is 59.7 Å². The van der Waals surface area contributed by atoms with Gasteiger partial charge in [-0.15, -0.1) is 0 Å². The first kappa shape index (κ1) is 16.0. The lowest BCUT2D eigenvalue weighted by molar-refractivity contribution is 0.242. The second-order valence-corrected chi connectivity index (χ2v) is 5.30. The van der Waals surface area contributed by atoms with Crippen LogP contribution in [0.3, 0.4) is 0 Å². The summed E-state index contributed by atoms with van der Waals surface area (Å²) >= 11 is 5.19. The normalized spacial score (nSPS) is 10.7. The van der Waals surface area contributed by atoms with E-state index in [0.717, 1.165) is 17.0 Å². The highest BCUT2D eigenvalue weighted by Gasteiger charge is 2.02. The van der Waals surface area contributed by atoms with Gasteiger partial charge in [0.1, 0.15) is 5.75 Å². The summed E-state index contributed by atoms with van der Waals surface area (Å²) < 4.78 is 5.73. The molecule has 0 aliphatic heterocycles. The zero-order valence-corrected chi connectivity index (χ0v) is 13.4. The number of hydrazone groups is 1. The molecule has 0 aromatic heterocycles. The van der Waals surface area contributed by atoms with Crippen molar-refractivity contribution in [2.24, 2.45) is 5.10 Å². The van der Waals surface area contributed by atoms with Gasteiger partial charge in [-0.25, -0.2) is 0 Å². The average Bonchev–Trinajstić information content (AvgIpc) is 2.49. The first-order valence-electron chi connectivity index (χ1n) is 7.06. The lowest BCUT2D eigenvalue weighted by Gasteiger charge is -2.11. The van der Waals surface area contributed by atoms with Gasteiger partial charge in [0.05, 0.1) is 12.3 Å². The molecule has 0 saturated heterocycles. The van der Waals surface area contributed by atoms with E-state index in [1.54, 1.807) is 6.21 Å². The van der Waals surface area contributed by atoms with Crippen LogP contribution < -0.4 is 15.5 Å². The Balaban J connectivity index is 1.93. The predicted octanol–water partition coefficient (Wildman–Crippen LogP) is 3.79. The second kappa shape index (κ2) is 8.14. The van der Waals surface area contributed by atoms with Crippen molar-refractivity contribution in [3.63, 3.8) is 0 Å². The van der Waals surface area contributed by atoms with E-state index in [-0.39, 0.29) is 6.10 Å². The molecule has 0 spiro atoms. The molecule has 0 heterocycles. The van der Waals surface area contributed by atoms with Crippen LogP contribution in [0.25, 0.3) is 0 Å². The molecule has 2 aromatic carbocycles. The first-order valence-corrected chi connectivity index (χ1v) is 7.47. The average molecular weight is 313 g/mol. The molecule has 2 N–H and O–H groups in total. The minimum Gasteiger partial charge on any atom is -0.490 e. The molecular weight excluding hydrogens is 294 g/mol. The number of hydrogen-bond acceptors (Lipinski definition) is 3. The van der Waals surface area contributed by atoms with Crippen LogP contribution in [-0.2, 0) is 0 Å². The maximum atomic E-state index is 5.73. The summed E-state index contributed by atoms with van der Waals surface area (Å²) in [6.07, 6.45) is 1.81. The van der Waals surface area contributed by atoms with Crippen LogP contribution in [-0.4, -0.2) is 17.4 Å². The van der Waals surface area contributed by atoms with E-state index in [9.17, 15) is 0 Å². The third-order valence-electron chi connectivity index (χ3n) is 2.68. The van der Waals surface area contributed by atoms with Gasteiger partial charge >= 0.3 is 0 Å². The predicted molar refractivity (Wildman–Crippen MR) is 95.6 cm³/mol. The number of nitrogens with one attached hydrogen (secondary N) is 2. The molecule has 114 valence electrons. The Morgan fingerprint density at radius 1 is 1.09 bits per heavy atom. The molecule has 0 saturated carbocycles. The first-order chi connectivity index (χ1) is 10.6. The Morgan fingerprint density at radius 3 is 2.50 bits per heavy atom. The summed E-state index contributed by atoms with van der Waals surface area (Å²) in [6, 6.07) is 17.4. The van der Waals surface area contributed by atoms with Crippen molar-refractivity contribution in [3.8, 4) is 5.75 Å². The third-order valence-corrected chi connectivity index (χ3v) is 2.88. The van der Waals surface area contributed by atoms with Gasteiger partial charge in [-0.05, 0) is 50.3 Å². The number of ether oxygens (including phenoxy) is 1. The molecular formula is C17H19N3OS. The fourth-order valence-electron chi connectivity index (χ4n) is 1.79. The van der Waals surface area contributed by atoms with Crippen LogP contribution in [0.4, 0.5) is 5.69 Å². The van der Waals surface area contributed by atoms with Gasteiger partial charge in [0.15, 0.2) is 5.11 Å². The largest absolute Gasteiger partial charge is 0.490 e. The summed E-state index contributed by atoms with van der Waals surface area (Å²) in [4.78, 5) is 0. The monoisotopic (exact) mass is 313 g/mol. The molecule has 5 heteroatoms. The maximum absolute atomic E-state index is 5.73. The number of thiocarbonyl (C=S) groups is 1. The topological polar surface area (TPSA) is 45.6 Å². The van der Waals surface area contributed by atoms with Gasteiger partial charge in [-0.1, -0.05) is 30.3 Å². The zero-order chi connectivity index (χ0) is 15.8.